The van der Waals surface area contributed by atoms with Gasteiger partial charge >= 0.3 is 0 Å². The van der Waals surface area contributed by atoms with Crippen LogP contribution < -0.4 is 16.8 Å². The van der Waals surface area contributed by atoms with Crippen LogP contribution >= 0.6 is 0 Å². The third kappa shape index (κ3) is 6.89. The number of benzene rings is 1. The maximum atomic E-state index is 11.8. The highest BCUT2D eigenvalue weighted by atomic mass is 16.2. The van der Waals surface area contributed by atoms with Crippen molar-refractivity contribution in [3.05, 3.63) is 35.9 Å². The van der Waals surface area contributed by atoms with Crippen molar-refractivity contribution in [2.75, 3.05) is 6.54 Å². The molecule has 0 saturated carbocycles. The molecule has 1 unspecified atom stereocenters. The number of hydrogen-bond acceptors (Lipinski definition) is 3. The normalized spacial score (nSPS) is 11.8. The molecule has 2 amide bonds. The van der Waals surface area contributed by atoms with Crippen LogP contribution in [0, 0.1) is 0 Å². The molecule has 1 aromatic carbocycles. The Morgan fingerprint density at radius 2 is 1.80 bits per heavy atom. The zero-order valence-corrected chi connectivity index (χ0v) is 11.7. The third-order valence-electron chi connectivity index (χ3n) is 3.03. The Labute approximate surface area is 119 Å². The first-order chi connectivity index (χ1) is 9.59. The van der Waals surface area contributed by atoms with Crippen LogP contribution in [0.15, 0.2) is 30.3 Å². The molecule has 0 bridgehead atoms. The zero-order chi connectivity index (χ0) is 14.8. The minimum atomic E-state index is -0.525. The van der Waals surface area contributed by atoms with Crippen molar-refractivity contribution in [2.24, 2.45) is 11.5 Å². The number of rotatable bonds is 9. The summed E-state index contributed by atoms with van der Waals surface area (Å²) in [5, 5.41) is 2.81. The van der Waals surface area contributed by atoms with E-state index in [1.807, 2.05) is 30.3 Å². The van der Waals surface area contributed by atoms with E-state index in [0.29, 0.717) is 19.4 Å². The average Bonchev–Trinajstić information content (AvgIpc) is 2.43. The predicted molar refractivity (Wildman–Crippen MR) is 78.8 cm³/mol. The van der Waals surface area contributed by atoms with Crippen LogP contribution in [0.2, 0.25) is 0 Å². The Bertz CT molecular complexity index is 420. The second kappa shape index (κ2) is 9.09. The van der Waals surface area contributed by atoms with Gasteiger partial charge in [-0.3, -0.25) is 9.59 Å². The lowest BCUT2D eigenvalue weighted by molar-refractivity contribution is -0.122. The van der Waals surface area contributed by atoms with Gasteiger partial charge in [-0.05, 0) is 24.8 Å². The van der Waals surface area contributed by atoms with Crippen LogP contribution in [-0.2, 0) is 16.0 Å². The first kappa shape index (κ1) is 16.2. The molecular formula is C15H23N3O2. The second-order valence-electron chi connectivity index (χ2n) is 4.86. The average molecular weight is 277 g/mol. The standard InChI is InChI=1S/C15H23N3O2/c16-13(11-12-7-3-1-4-8-12)15(20)18-10-6-2-5-9-14(17)19/h1,3-4,7-8,13H,2,5-6,9-11,16H2,(H2,17,19)(H,18,20). The Kier molecular flexibility index (Phi) is 7.35. The number of nitrogens with two attached hydrogens (primary N) is 2. The molecular weight excluding hydrogens is 254 g/mol. The van der Waals surface area contributed by atoms with E-state index in [4.69, 9.17) is 11.5 Å². The highest BCUT2D eigenvalue weighted by Gasteiger charge is 2.12. The van der Waals surface area contributed by atoms with E-state index in [1.165, 1.54) is 0 Å². The predicted octanol–water partition coefficient (Wildman–Crippen LogP) is 0.718. The molecule has 20 heavy (non-hydrogen) atoms. The minimum Gasteiger partial charge on any atom is -0.370 e. The van der Waals surface area contributed by atoms with E-state index in [2.05, 4.69) is 5.32 Å². The fourth-order valence-electron chi connectivity index (χ4n) is 1.90. The number of carbonyl (C=O) groups is 2. The molecule has 0 aliphatic rings. The number of nitrogens with one attached hydrogen (secondary N) is 1. The quantitative estimate of drug-likeness (QED) is 0.580. The van der Waals surface area contributed by atoms with Gasteiger partial charge in [-0.2, -0.15) is 0 Å². The van der Waals surface area contributed by atoms with Gasteiger partial charge in [0.1, 0.15) is 0 Å². The molecule has 0 heterocycles. The maximum Gasteiger partial charge on any atom is 0.237 e. The molecule has 5 N–H and O–H groups in total. The zero-order valence-electron chi connectivity index (χ0n) is 11.7. The van der Waals surface area contributed by atoms with E-state index in [-0.39, 0.29) is 11.8 Å². The fourth-order valence-corrected chi connectivity index (χ4v) is 1.90. The molecule has 0 aliphatic carbocycles. The van der Waals surface area contributed by atoms with Crippen molar-refractivity contribution in [3.63, 3.8) is 0 Å². The molecule has 0 saturated heterocycles. The molecule has 5 nitrogen and oxygen atoms in total. The summed E-state index contributed by atoms with van der Waals surface area (Å²) in [7, 11) is 0. The van der Waals surface area contributed by atoms with Crippen LogP contribution in [0.5, 0.6) is 0 Å². The van der Waals surface area contributed by atoms with Gasteiger partial charge in [0.05, 0.1) is 6.04 Å². The Hall–Kier alpha value is -1.88. The van der Waals surface area contributed by atoms with E-state index >= 15 is 0 Å². The molecule has 5 heteroatoms. The van der Waals surface area contributed by atoms with E-state index in [1.54, 1.807) is 0 Å². The number of amides is 2. The van der Waals surface area contributed by atoms with Gasteiger partial charge in [0.15, 0.2) is 0 Å². The largest absolute Gasteiger partial charge is 0.370 e. The summed E-state index contributed by atoms with van der Waals surface area (Å²) in [5.41, 5.74) is 12.0. The van der Waals surface area contributed by atoms with Gasteiger partial charge in [0.2, 0.25) is 11.8 Å². The number of primary amides is 1. The molecule has 0 radical (unpaired) electrons. The van der Waals surface area contributed by atoms with E-state index in [0.717, 1.165) is 24.8 Å². The lowest BCUT2D eigenvalue weighted by Gasteiger charge is -2.12. The number of hydrogen-bond donors (Lipinski definition) is 3. The van der Waals surface area contributed by atoms with Crippen molar-refractivity contribution in [3.8, 4) is 0 Å². The summed E-state index contributed by atoms with van der Waals surface area (Å²) in [6.45, 7) is 0.583. The number of unbranched alkanes of at least 4 members (excludes halogenated alkanes) is 2. The first-order valence-corrected chi connectivity index (χ1v) is 6.95. The summed E-state index contributed by atoms with van der Waals surface area (Å²) in [5.74, 6) is -0.414. The van der Waals surface area contributed by atoms with Crippen LogP contribution in [0.4, 0.5) is 0 Å². The molecule has 1 atom stereocenters. The number of carbonyl (C=O) groups excluding carboxylic acids is 2. The Morgan fingerprint density at radius 1 is 1.10 bits per heavy atom. The summed E-state index contributed by atoms with van der Waals surface area (Å²) in [6, 6.07) is 9.18. The maximum absolute atomic E-state index is 11.8. The Morgan fingerprint density at radius 3 is 2.45 bits per heavy atom. The van der Waals surface area contributed by atoms with Gasteiger partial charge < -0.3 is 16.8 Å². The van der Waals surface area contributed by atoms with Crippen LogP contribution in [0.3, 0.4) is 0 Å². The lowest BCUT2D eigenvalue weighted by atomic mass is 10.1. The third-order valence-corrected chi connectivity index (χ3v) is 3.03. The van der Waals surface area contributed by atoms with E-state index < -0.39 is 6.04 Å². The van der Waals surface area contributed by atoms with Gasteiger partial charge in [0.25, 0.3) is 0 Å². The lowest BCUT2D eigenvalue weighted by Crippen LogP contribution is -2.42. The molecule has 1 aromatic rings. The van der Waals surface area contributed by atoms with Crippen LogP contribution in [-0.4, -0.2) is 24.4 Å². The molecule has 0 aliphatic heterocycles. The fraction of sp³-hybridized carbons (Fsp3) is 0.467. The highest BCUT2D eigenvalue weighted by molar-refractivity contribution is 5.81. The molecule has 0 aromatic heterocycles. The van der Waals surface area contributed by atoms with Gasteiger partial charge in [0, 0.05) is 13.0 Å². The molecule has 0 spiro atoms. The topological polar surface area (TPSA) is 98.2 Å². The van der Waals surface area contributed by atoms with Gasteiger partial charge in [-0.15, -0.1) is 0 Å². The first-order valence-electron chi connectivity index (χ1n) is 6.95. The van der Waals surface area contributed by atoms with Crippen LogP contribution in [0.25, 0.3) is 0 Å². The summed E-state index contributed by atoms with van der Waals surface area (Å²) in [4.78, 5) is 22.3. The molecule has 1 rings (SSSR count). The van der Waals surface area contributed by atoms with Crippen molar-refractivity contribution in [1.29, 1.82) is 0 Å². The second-order valence-corrected chi connectivity index (χ2v) is 4.86. The Balaban J connectivity index is 2.14. The summed E-state index contributed by atoms with van der Waals surface area (Å²) < 4.78 is 0. The van der Waals surface area contributed by atoms with Crippen molar-refractivity contribution in [2.45, 2.75) is 38.1 Å². The van der Waals surface area contributed by atoms with Crippen molar-refractivity contribution in [1.82, 2.24) is 5.32 Å². The smallest absolute Gasteiger partial charge is 0.237 e. The van der Waals surface area contributed by atoms with Crippen LogP contribution in [0.1, 0.15) is 31.2 Å². The summed E-state index contributed by atoms with van der Waals surface area (Å²) in [6.07, 6.45) is 3.41. The molecule has 0 fully saturated rings. The highest BCUT2D eigenvalue weighted by Crippen LogP contribution is 2.02. The van der Waals surface area contributed by atoms with Crippen molar-refractivity contribution >= 4 is 11.8 Å². The summed E-state index contributed by atoms with van der Waals surface area (Å²) >= 11 is 0. The van der Waals surface area contributed by atoms with Gasteiger partial charge in [-0.1, -0.05) is 36.8 Å². The monoisotopic (exact) mass is 277 g/mol. The molecule has 110 valence electrons. The minimum absolute atomic E-state index is 0.135. The van der Waals surface area contributed by atoms with Crippen molar-refractivity contribution < 1.29 is 9.59 Å². The SMILES string of the molecule is NC(=O)CCCCCNC(=O)C(N)Cc1ccccc1. The van der Waals surface area contributed by atoms with E-state index in [9.17, 15) is 9.59 Å². The van der Waals surface area contributed by atoms with Gasteiger partial charge in [-0.25, -0.2) is 0 Å².